The predicted octanol–water partition coefficient (Wildman–Crippen LogP) is 1.01. The van der Waals surface area contributed by atoms with E-state index in [1.165, 1.54) is 32.4 Å². The number of carbonyl (C=O) groups is 4. The molecule has 2 aliphatic rings. The summed E-state index contributed by atoms with van der Waals surface area (Å²) in [5.41, 5.74) is -0.364. The SMILES string of the molecule is COC(=O)c1cc(NC(=O)[C@@H]2CC(=O)Nc3nc(N4CCCC4)[nH]c(=O)c32)cc(C(=O)OC)c1. The van der Waals surface area contributed by atoms with Crippen molar-refractivity contribution in [1.29, 1.82) is 0 Å². The molecule has 3 N–H and O–H groups in total. The number of anilines is 3. The van der Waals surface area contributed by atoms with Gasteiger partial charge in [0.05, 0.1) is 36.8 Å². The van der Waals surface area contributed by atoms with Gasteiger partial charge in [-0.05, 0) is 31.0 Å². The maximum absolute atomic E-state index is 13.2. The molecule has 1 atom stereocenters. The van der Waals surface area contributed by atoms with E-state index in [0.29, 0.717) is 5.95 Å². The van der Waals surface area contributed by atoms with Crippen LogP contribution in [0.3, 0.4) is 0 Å². The molecule has 12 heteroatoms. The Kier molecular flexibility index (Phi) is 6.30. The summed E-state index contributed by atoms with van der Waals surface area (Å²) in [7, 11) is 2.36. The summed E-state index contributed by atoms with van der Waals surface area (Å²) in [5, 5.41) is 5.16. The predicted molar refractivity (Wildman–Crippen MR) is 120 cm³/mol. The van der Waals surface area contributed by atoms with Gasteiger partial charge in [-0.2, -0.15) is 4.98 Å². The minimum Gasteiger partial charge on any atom is -0.465 e. The van der Waals surface area contributed by atoms with Gasteiger partial charge in [0.15, 0.2) is 0 Å². The van der Waals surface area contributed by atoms with Crippen LogP contribution in [0.25, 0.3) is 0 Å². The molecule has 0 bridgehead atoms. The fourth-order valence-corrected chi connectivity index (χ4v) is 4.06. The van der Waals surface area contributed by atoms with Gasteiger partial charge >= 0.3 is 11.9 Å². The third kappa shape index (κ3) is 4.47. The molecule has 1 aromatic heterocycles. The molecule has 0 aliphatic carbocycles. The van der Waals surface area contributed by atoms with E-state index in [-0.39, 0.29) is 34.6 Å². The highest BCUT2D eigenvalue weighted by Crippen LogP contribution is 2.31. The van der Waals surface area contributed by atoms with Gasteiger partial charge in [-0.3, -0.25) is 19.4 Å². The molecule has 2 aromatic rings. The smallest absolute Gasteiger partial charge is 0.337 e. The number of aromatic nitrogens is 2. The van der Waals surface area contributed by atoms with Crippen LogP contribution in [0.4, 0.5) is 17.5 Å². The number of hydrogen-bond donors (Lipinski definition) is 3. The fourth-order valence-electron chi connectivity index (χ4n) is 4.06. The lowest BCUT2D eigenvalue weighted by atomic mass is 9.92. The van der Waals surface area contributed by atoms with Crippen LogP contribution in [0.1, 0.15) is 51.5 Å². The van der Waals surface area contributed by atoms with E-state index in [9.17, 15) is 24.0 Å². The first-order chi connectivity index (χ1) is 16.3. The molecule has 0 saturated carbocycles. The monoisotopic (exact) mass is 469 g/mol. The first-order valence-corrected chi connectivity index (χ1v) is 10.6. The number of nitrogens with one attached hydrogen (secondary N) is 3. The average Bonchev–Trinajstić information content (AvgIpc) is 3.37. The van der Waals surface area contributed by atoms with E-state index in [1.807, 2.05) is 4.90 Å². The van der Waals surface area contributed by atoms with E-state index in [1.54, 1.807) is 0 Å². The Morgan fingerprint density at radius 3 is 2.24 bits per heavy atom. The molecular formula is C22H23N5O7. The topological polar surface area (TPSA) is 160 Å². The fraction of sp³-hybridized carbons (Fsp3) is 0.364. The largest absolute Gasteiger partial charge is 0.465 e. The average molecular weight is 469 g/mol. The second-order valence-corrected chi connectivity index (χ2v) is 7.92. The molecule has 1 aromatic carbocycles. The van der Waals surface area contributed by atoms with Crippen molar-refractivity contribution in [3.8, 4) is 0 Å². The molecule has 12 nitrogen and oxygen atoms in total. The van der Waals surface area contributed by atoms with Crippen molar-refractivity contribution in [2.45, 2.75) is 25.2 Å². The Balaban J connectivity index is 1.67. The first-order valence-electron chi connectivity index (χ1n) is 10.6. The van der Waals surface area contributed by atoms with Gasteiger partial charge in [-0.25, -0.2) is 9.59 Å². The number of aromatic amines is 1. The number of amides is 2. The van der Waals surface area contributed by atoms with E-state index >= 15 is 0 Å². The summed E-state index contributed by atoms with van der Waals surface area (Å²) < 4.78 is 9.39. The number of rotatable bonds is 5. The summed E-state index contributed by atoms with van der Waals surface area (Å²) in [6.07, 6.45) is 1.67. The first kappa shape index (κ1) is 23.0. The molecule has 2 amide bonds. The van der Waals surface area contributed by atoms with Crippen LogP contribution < -0.4 is 21.1 Å². The number of hydrogen-bond acceptors (Lipinski definition) is 9. The van der Waals surface area contributed by atoms with Gasteiger partial charge in [0.25, 0.3) is 5.56 Å². The molecule has 0 radical (unpaired) electrons. The van der Waals surface area contributed by atoms with E-state index in [2.05, 4.69) is 20.6 Å². The lowest BCUT2D eigenvalue weighted by Crippen LogP contribution is -2.37. The number of H-pyrrole nitrogens is 1. The highest BCUT2D eigenvalue weighted by atomic mass is 16.5. The summed E-state index contributed by atoms with van der Waals surface area (Å²) >= 11 is 0. The Morgan fingerprint density at radius 1 is 1.03 bits per heavy atom. The van der Waals surface area contributed by atoms with E-state index in [0.717, 1.165) is 25.9 Å². The summed E-state index contributed by atoms with van der Waals surface area (Å²) in [6, 6.07) is 3.91. The zero-order valence-electron chi connectivity index (χ0n) is 18.6. The Hall–Kier alpha value is -4.22. The number of carbonyl (C=O) groups excluding carboxylic acids is 4. The van der Waals surface area contributed by atoms with Crippen LogP contribution >= 0.6 is 0 Å². The van der Waals surface area contributed by atoms with Gasteiger partial charge in [-0.1, -0.05) is 0 Å². The number of fused-ring (bicyclic) bond motifs is 1. The highest BCUT2D eigenvalue weighted by molar-refractivity contribution is 6.05. The minimum atomic E-state index is -1.13. The van der Waals surface area contributed by atoms with Crippen molar-refractivity contribution in [3.05, 3.63) is 45.2 Å². The summed E-state index contributed by atoms with van der Waals surface area (Å²) in [6.45, 7) is 1.47. The standard InChI is InChI=1S/C22H23N5O7/c1-33-20(31)11-7-12(21(32)34-2)9-13(8-11)23-18(29)14-10-15(28)24-17-16(14)19(30)26-22(25-17)27-5-3-4-6-27/h7-9,14H,3-6,10H2,1-2H3,(H,23,29)(H2,24,25,26,28,30)/t14-/m1/s1. The highest BCUT2D eigenvalue weighted by Gasteiger charge is 2.35. The van der Waals surface area contributed by atoms with Gasteiger partial charge in [0.1, 0.15) is 5.82 Å². The molecule has 2 aliphatic heterocycles. The number of ether oxygens (including phenoxy) is 2. The number of esters is 2. The minimum absolute atomic E-state index is 0.0113. The molecule has 34 heavy (non-hydrogen) atoms. The Labute approximate surface area is 193 Å². The van der Waals surface area contributed by atoms with Gasteiger partial charge < -0.3 is 25.0 Å². The molecule has 3 heterocycles. The quantitative estimate of drug-likeness (QED) is 0.543. The Morgan fingerprint density at radius 2 is 1.65 bits per heavy atom. The van der Waals surface area contributed by atoms with E-state index in [4.69, 9.17) is 9.47 Å². The van der Waals surface area contributed by atoms with Gasteiger partial charge in [0, 0.05) is 25.2 Å². The van der Waals surface area contributed by atoms with Crippen molar-refractivity contribution >= 4 is 41.2 Å². The van der Waals surface area contributed by atoms with Crippen molar-refractivity contribution in [1.82, 2.24) is 9.97 Å². The second-order valence-electron chi connectivity index (χ2n) is 7.92. The number of methoxy groups -OCH3 is 2. The number of nitrogens with zero attached hydrogens (tertiary/aromatic N) is 2. The summed E-state index contributed by atoms with van der Waals surface area (Å²) in [5.74, 6) is -3.32. The maximum Gasteiger partial charge on any atom is 0.337 e. The maximum atomic E-state index is 13.2. The zero-order chi connectivity index (χ0) is 24.4. The van der Waals surface area contributed by atoms with Gasteiger partial charge in [0.2, 0.25) is 17.8 Å². The van der Waals surface area contributed by atoms with Crippen LogP contribution in [0, 0.1) is 0 Å². The lowest BCUT2D eigenvalue weighted by molar-refractivity contribution is -0.123. The van der Waals surface area contributed by atoms with E-state index < -0.39 is 35.2 Å². The van der Waals surface area contributed by atoms with Crippen molar-refractivity contribution in [3.63, 3.8) is 0 Å². The number of benzene rings is 1. The van der Waals surface area contributed by atoms with Crippen LogP contribution in [0.2, 0.25) is 0 Å². The molecule has 0 unspecified atom stereocenters. The molecule has 1 saturated heterocycles. The molecule has 178 valence electrons. The summed E-state index contributed by atoms with van der Waals surface area (Å²) in [4.78, 5) is 71.4. The third-order valence-corrected chi connectivity index (χ3v) is 5.70. The zero-order valence-corrected chi connectivity index (χ0v) is 18.6. The van der Waals surface area contributed by atoms with Gasteiger partial charge in [-0.15, -0.1) is 0 Å². The normalized spacial score (nSPS) is 16.9. The van der Waals surface area contributed by atoms with Crippen LogP contribution in [0.15, 0.2) is 23.0 Å². The molecule has 1 fully saturated rings. The van der Waals surface area contributed by atoms with Crippen molar-refractivity contribution in [2.24, 2.45) is 0 Å². The second kappa shape index (κ2) is 9.33. The molecule has 4 rings (SSSR count). The lowest BCUT2D eigenvalue weighted by Gasteiger charge is -2.25. The third-order valence-electron chi connectivity index (χ3n) is 5.70. The Bertz CT molecular complexity index is 1200. The van der Waals surface area contributed by atoms with Crippen LogP contribution in [-0.4, -0.2) is 61.0 Å². The van der Waals surface area contributed by atoms with Crippen molar-refractivity contribution < 1.29 is 28.7 Å². The van der Waals surface area contributed by atoms with Crippen LogP contribution in [-0.2, 0) is 19.1 Å². The molecule has 0 spiro atoms. The van der Waals surface area contributed by atoms with Crippen LogP contribution in [0.5, 0.6) is 0 Å². The van der Waals surface area contributed by atoms with Crippen molar-refractivity contribution in [2.75, 3.05) is 42.8 Å². The molecular weight excluding hydrogens is 446 g/mol.